The monoisotopic (exact) mass is 581 g/mol. The highest BCUT2D eigenvalue weighted by Gasteiger charge is 2.32. The van der Waals surface area contributed by atoms with Gasteiger partial charge in [-0.2, -0.15) is 0 Å². The minimum absolute atomic E-state index is 0.000619. The second-order valence-corrected chi connectivity index (χ2v) is 11.7. The largest absolute Gasteiger partial charge is 0.352 e. The number of benzene rings is 2. The number of halogens is 4. The number of hydrogen-bond acceptors (Lipinski definition) is 4. The summed E-state index contributed by atoms with van der Waals surface area (Å²) < 4.78 is 26.2. The first-order valence-electron chi connectivity index (χ1n) is 10.7. The Morgan fingerprint density at radius 3 is 2.20 bits per heavy atom. The Morgan fingerprint density at radius 1 is 1.00 bits per heavy atom. The summed E-state index contributed by atoms with van der Waals surface area (Å²) in [6, 6.07) is 8.34. The molecule has 2 aromatic carbocycles. The fourth-order valence-electron chi connectivity index (χ4n) is 3.41. The first kappa shape index (κ1) is 29.5. The van der Waals surface area contributed by atoms with Crippen LogP contribution in [0.1, 0.15) is 32.8 Å². The average molecular weight is 583 g/mol. The lowest BCUT2D eigenvalue weighted by Gasteiger charge is -2.33. The van der Waals surface area contributed by atoms with Gasteiger partial charge < -0.3 is 10.2 Å². The molecule has 192 valence electrons. The standard InChI is InChI=1S/C23H27Cl4N3O4S/c1-5-19(23(32)28-14(2)3)29(12-15-9-10-16(24)18(26)11-15)21(31)13-30(35(4,33)34)20-8-6-7-17(25)22(20)27/h6-11,14,19H,5,12-13H2,1-4H3,(H,28,32). The zero-order chi connectivity index (χ0) is 26.5. The molecule has 0 radical (unpaired) electrons. The van der Waals surface area contributed by atoms with E-state index >= 15 is 0 Å². The van der Waals surface area contributed by atoms with Crippen LogP contribution in [-0.4, -0.2) is 50.0 Å². The van der Waals surface area contributed by atoms with Crippen molar-refractivity contribution < 1.29 is 18.0 Å². The number of amides is 2. The van der Waals surface area contributed by atoms with E-state index in [-0.39, 0.29) is 34.2 Å². The SMILES string of the molecule is CCC(C(=O)NC(C)C)N(Cc1ccc(Cl)c(Cl)c1)C(=O)CN(c1cccc(Cl)c1Cl)S(C)(=O)=O. The molecule has 0 heterocycles. The molecule has 2 amide bonds. The molecule has 2 rings (SSSR count). The lowest BCUT2D eigenvalue weighted by atomic mass is 10.1. The van der Waals surface area contributed by atoms with E-state index in [0.717, 1.165) is 10.6 Å². The minimum atomic E-state index is -3.94. The van der Waals surface area contributed by atoms with E-state index < -0.39 is 28.5 Å². The third kappa shape index (κ3) is 7.89. The van der Waals surface area contributed by atoms with Gasteiger partial charge in [0, 0.05) is 12.6 Å². The van der Waals surface area contributed by atoms with Gasteiger partial charge >= 0.3 is 0 Å². The lowest BCUT2D eigenvalue weighted by molar-refractivity contribution is -0.140. The lowest BCUT2D eigenvalue weighted by Crippen LogP contribution is -2.53. The van der Waals surface area contributed by atoms with Crippen LogP contribution in [0.3, 0.4) is 0 Å². The molecule has 0 bridgehead atoms. The van der Waals surface area contributed by atoms with Crippen LogP contribution >= 0.6 is 46.4 Å². The number of anilines is 1. The van der Waals surface area contributed by atoms with E-state index in [0.29, 0.717) is 22.0 Å². The Labute approximate surface area is 226 Å². The van der Waals surface area contributed by atoms with E-state index in [2.05, 4.69) is 5.32 Å². The van der Waals surface area contributed by atoms with E-state index in [1.165, 1.54) is 23.1 Å². The van der Waals surface area contributed by atoms with Gasteiger partial charge in [-0.1, -0.05) is 65.5 Å². The molecule has 1 atom stereocenters. The van der Waals surface area contributed by atoms with Crippen molar-refractivity contribution in [2.75, 3.05) is 17.1 Å². The molecule has 1 N–H and O–H groups in total. The summed E-state index contributed by atoms with van der Waals surface area (Å²) in [6.45, 7) is 4.79. The Hall–Kier alpha value is -1.71. The van der Waals surface area contributed by atoms with Crippen molar-refractivity contribution in [2.45, 2.75) is 45.8 Å². The van der Waals surface area contributed by atoms with E-state index in [9.17, 15) is 18.0 Å². The molecule has 0 aromatic heterocycles. The molecule has 2 aromatic rings. The summed E-state index contributed by atoms with van der Waals surface area (Å²) in [7, 11) is -3.94. The zero-order valence-corrected chi connectivity index (χ0v) is 23.5. The fourth-order valence-corrected chi connectivity index (χ4v) is 5.04. The van der Waals surface area contributed by atoms with Gasteiger partial charge in [0.2, 0.25) is 21.8 Å². The van der Waals surface area contributed by atoms with Crippen LogP contribution in [0.15, 0.2) is 36.4 Å². The number of rotatable bonds is 10. The van der Waals surface area contributed by atoms with E-state index in [1.54, 1.807) is 25.1 Å². The molecule has 0 saturated heterocycles. The molecular formula is C23H27Cl4N3O4S. The van der Waals surface area contributed by atoms with Crippen molar-refractivity contribution in [3.63, 3.8) is 0 Å². The topological polar surface area (TPSA) is 86.8 Å². The summed E-state index contributed by atoms with van der Waals surface area (Å²) in [5.41, 5.74) is 0.680. The molecule has 7 nitrogen and oxygen atoms in total. The smallest absolute Gasteiger partial charge is 0.244 e. The van der Waals surface area contributed by atoms with Crippen LogP contribution in [0.4, 0.5) is 5.69 Å². The predicted molar refractivity (Wildman–Crippen MR) is 143 cm³/mol. The van der Waals surface area contributed by atoms with Crippen LogP contribution in [-0.2, 0) is 26.2 Å². The molecule has 12 heteroatoms. The summed E-state index contributed by atoms with van der Waals surface area (Å²) in [5, 5.41) is 3.59. The number of sulfonamides is 1. The maximum absolute atomic E-state index is 13.6. The number of hydrogen-bond donors (Lipinski definition) is 1. The van der Waals surface area contributed by atoms with Crippen molar-refractivity contribution in [1.82, 2.24) is 10.2 Å². The van der Waals surface area contributed by atoms with Gasteiger partial charge in [0.25, 0.3) is 0 Å². The molecule has 0 aliphatic carbocycles. The molecule has 0 aliphatic rings. The average Bonchev–Trinajstić information content (AvgIpc) is 2.75. The highest BCUT2D eigenvalue weighted by atomic mass is 35.5. The Balaban J connectivity index is 2.51. The van der Waals surface area contributed by atoms with Gasteiger partial charge in [-0.25, -0.2) is 8.42 Å². The van der Waals surface area contributed by atoms with Crippen LogP contribution in [0, 0.1) is 0 Å². The van der Waals surface area contributed by atoms with Crippen LogP contribution in [0.25, 0.3) is 0 Å². The van der Waals surface area contributed by atoms with Gasteiger partial charge in [0.15, 0.2) is 0 Å². The van der Waals surface area contributed by atoms with Gasteiger partial charge in [0.05, 0.1) is 32.0 Å². The maximum atomic E-state index is 13.6. The maximum Gasteiger partial charge on any atom is 0.244 e. The third-order valence-electron chi connectivity index (χ3n) is 5.03. The van der Waals surface area contributed by atoms with Crippen molar-refractivity contribution in [2.24, 2.45) is 0 Å². The fraction of sp³-hybridized carbons (Fsp3) is 0.391. The molecule has 0 fully saturated rings. The van der Waals surface area contributed by atoms with Crippen LogP contribution in [0.5, 0.6) is 0 Å². The third-order valence-corrected chi connectivity index (χ3v) is 7.71. The van der Waals surface area contributed by atoms with Crippen LogP contribution in [0.2, 0.25) is 20.1 Å². The van der Waals surface area contributed by atoms with Crippen LogP contribution < -0.4 is 9.62 Å². The first-order valence-corrected chi connectivity index (χ1v) is 14.1. The summed E-state index contributed by atoms with van der Waals surface area (Å²) in [4.78, 5) is 27.9. The van der Waals surface area contributed by atoms with Gasteiger partial charge in [-0.15, -0.1) is 0 Å². The number of carbonyl (C=O) groups excluding carboxylic acids is 2. The quantitative estimate of drug-likeness (QED) is 0.406. The summed E-state index contributed by atoms with van der Waals surface area (Å²) in [5.74, 6) is -0.967. The van der Waals surface area contributed by atoms with Crippen molar-refractivity contribution in [1.29, 1.82) is 0 Å². The Kier molecular flexibility index (Phi) is 10.5. The molecule has 0 aliphatic heterocycles. The Morgan fingerprint density at radius 2 is 1.66 bits per heavy atom. The Bertz CT molecular complexity index is 1190. The first-order chi connectivity index (χ1) is 16.3. The summed E-state index contributed by atoms with van der Waals surface area (Å²) >= 11 is 24.5. The van der Waals surface area contributed by atoms with E-state index in [4.69, 9.17) is 46.4 Å². The van der Waals surface area contributed by atoms with Gasteiger partial charge in [-0.3, -0.25) is 13.9 Å². The predicted octanol–water partition coefficient (Wildman–Crippen LogP) is 5.40. The molecular weight excluding hydrogens is 556 g/mol. The van der Waals surface area contributed by atoms with Gasteiger partial charge in [-0.05, 0) is 50.1 Å². The second-order valence-electron chi connectivity index (χ2n) is 8.20. The highest BCUT2D eigenvalue weighted by Crippen LogP contribution is 2.34. The molecule has 35 heavy (non-hydrogen) atoms. The van der Waals surface area contributed by atoms with Crippen molar-refractivity contribution >= 4 is 73.9 Å². The summed E-state index contributed by atoms with van der Waals surface area (Å²) in [6.07, 6.45) is 1.26. The second kappa shape index (κ2) is 12.5. The molecule has 0 spiro atoms. The minimum Gasteiger partial charge on any atom is -0.352 e. The van der Waals surface area contributed by atoms with Crippen molar-refractivity contribution in [3.8, 4) is 0 Å². The zero-order valence-electron chi connectivity index (χ0n) is 19.7. The van der Waals surface area contributed by atoms with E-state index in [1.807, 2.05) is 13.8 Å². The van der Waals surface area contributed by atoms with Gasteiger partial charge in [0.1, 0.15) is 12.6 Å². The van der Waals surface area contributed by atoms with Crippen molar-refractivity contribution in [3.05, 3.63) is 62.1 Å². The number of nitrogens with one attached hydrogen (secondary N) is 1. The normalized spacial score (nSPS) is 12.4. The highest BCUT2D eigenvalue weighted by molar-refractivity contribution is 7.92. The number of nitrogens with zero attached hydrogens (tertiary/aromatic N) is 2. The molecule has 0 saturated carbocycles. The molecule has 1 unspecified atom stereocenters. The number of carbonyl (C=O) groups is 2.